The Morgan fingerprint density at radius 1 is 1.22 bits per heavy atom. The minimum Gasteiger partial charge on any atom is -0.383 e. The first-order valence-corrected chi connectivity index (χ1v) is 6.73. The second-order valence-corrected chi connectivity index (χ2v) is 5.02. The average molecular weight is 357 g/mol. The summed E-state index contributed by atoms with van der Waals surface area (Å²) in [4.78, 5) is 8.74. The summed E-state index contributed by atoms with van der Waals surface area (Å²) in [6, 6.07) is 6.34. The molecule has 1 heterocycles. The van der Waals surface area contributed by atoms with E-state index in [1.807, 2.05) is 6.92 Å². The number of anilines is 1. The molecule has 2 rings (SSSR count). The van der Waals surface area contributed by atoms with E-state index in [1.165, 1.54) is 12.1 Å². The van der Waals surface area contributed by atoms with Gasteiger partial charge in [0.15, 0.2) is 0 Å². The smallest absolute Gasteiger partial charge is 0.140 e. The predicted molar refractivity (Wildman–Crippen MR) is 77.7 cm³/mol. The van der Waals surface area contributed by atoms with Crippen molar-refractivity contribution >= 4 is 28.4 Å². The van der Waals surface area contributed by atoms with Crippen molar-refractivity contribution in [3.63, 3.8) is 0 Å². The molecule has 0 amide bonds. The van der Waals surface area contributed by atoms with Crippen LogP contribution in [0.4, 0.5) is 10.2 Å². The van der Waals surface area contributed by atoms with Crippen LogP contribution in [-0.4, -0.2) is 9.97 Å². The Morgan fingerprint density at radius 2 is 1.89 bits per heavy atom. The van der Waals surface area contributed by atoms with Crippen molar-refractivity contribution in [2.45, 2.75) is 19.8 Å². The second-order valence-electron chi connectivity index (χ2n) is 3.94. The lowest BCUT2D eigenvalue weighted by molar-refractivity contribution is 0.627. The zero-order valence-electron chi connectivity index (χ0n) is 9.95. The van der Waals surface area contributed by atoms with E-state index >= 15 is 0 Å². The molecule has 0 aliphatic rings. The van der Waals surface area contributed by atoms with Crippen molar-refractivity contribution in [2.75, 3.05) is 5.73 Å². The summed E-state index contributed by atoms with van der Waals surface area (Å²) in [7, 11) is 0. The average Bonchev–Trinajstić information content (AvgIpc) is 2.36. The standard InChI is InChI=1S/C13H13FIN3/c1-2-10-12(15)13(16)18-11(17-10)7-8-3-5-9(14)6-4-8/h3-6H,2,7H2,1H3,(H2,16,17,18). The number of aromatic nitrogens is 2. The highest BCUT2D eigenvalue weighted by molar-refractivity contribution is 14.1. The van der Waals surface area contributed by atoms with Gasteiger partial charge >= 0.3 is 0 Å². The fraction of sp³-hybridized carbons (Fsp3) is 0.231. The highest BCUT2D eigenvalue weighted by Gasteiger charge is 2.09. The Kier molecular flexibility index (Phi) is 4.11. The summed E-state index contributed by atoms with van der Waals surface area (Å²) < 4.78 is 13.7. The topological polar surface area (TPSA) is 51.8 Å². The lowest BCUT2D eigenvalue weighted by Gasteiger charge is -2.07. The Hall–Kier alpha value is -1.24. The maximum atomic E-state index is 12.8. The van der Waals surface area contributed by atoms with Crippen LogP contribution in [0.5, 0.6) is 0 Å². The number of halogens is 2. The van der Waals surface area contributed by atoms with Crippen LogP contribution in [0, 0.1) is 9.39 Å². The van der Waals surface area contributed by atoms with Crippen molar-refractivity contribution < 1.29 is 4.39 Å². The molecule has 18 heavy (non-hydrogen) atoms. The molecule has 0 unspecified atom stereocenters. The van der Waals surface area contributed by atoms with E-state index in [4.69, 9.17) is 5.73 Å². The van der Waals surface area contributed by atoms with Gasteiger partial charge in [-0.1, -0.05) is 19.1 Å². The van der Waals surface area contributed by atoms with Gasteiger partial charge in [-0.3, -0.25) is 0 Å². The van der Waals surface area contributed by atoms with Gasteiger partial charge in [0, 0.05) is 6.42 Å². The quantitative estimate of drug-likeness (QED) is 0.860. The molecule has 0 bridgehead atoms. The molecule has 94 valence electrons. The molecule has 0 radical (unpaired) electrons. The maximum Gasteiger partial charge on any atom is 0.140 e. The van der Waals surface area contributed by atoms with Gasteiger partial charge in [0.2, 0.25) is 0 Å². The van der Waals surface area contributed by atoms with E-state index in [-0.39, 0.29) is 5.82 Å². The predicted octanol–water partition coefficient (Wildman–Crippen LogP) is 2.96. The SMILES string of the molecule is CCc1nc(Cc2ccc(F)cc2)nc(N)c1I. The summed E-state index contributed by atoms with van der Waals surface area (Å²) in [5.41, 5.74) is 7.79. The first kappa shape index (κ1) is 13.2. The van der Waals surface area contributed by atoms with Crippen molar-refractivity contribution in [3.05, 3.63) is 50.7 Å². The minimum atomic E-state index is -0.240. The first-order chi connectivity index (χ1) is 8.60. The van der Waals surface area contributed by atoms with Crippen LogP contribution in [0.2, 0.25) is 0 Å². The van der Waals surface area contributed by atoms with Crippen LogP contribution >= 0.6 is 22.6 Å². The summed E-state index contributed by atoms with van der Waals surface area (Å²) in [6.45, 7) is 2.03. The molecule has 0 atom stereocenters. The molecule has 1 aromatic heterocycles. The highest BCUT2D eigenvalue weighted by Crippen LogP contribution is 2.18. The zero-order valence-corrected chi connectivity index (χ0v) is 12.1. The van der Waals surface area contributed by atoms with E-state index in [2.05, 4.69) is 32.6 Å². The number of nitrogen functional groups attached to an aromatic ring is 1. The fourth-order valence-corrected chi connectivity index (χ4v) is 2.29. The Balaban J connectivity index is 2.29. The van der Waals surface area contributed by atoms with Gasteiger partial charge in [0.1, 0.15) is 17.5 Å². The van der Waals surface area contributed by atoms with E-state index in [0.717, 1.165) is 21.2 Å². The molecule has 3 nitrogen and oxygen atoms in total. The Bertz CT molecular complexity index is 555. The van der Waals surface area contributed by atoms with Crippen LogP contribution in [0.25, 0.3) is 0 Å². The summed E-state index contributed by atoms with van der Waals surface area (Å²) in [5, 5.41) is 0. The molecule has 5 heteroatoms. The summed E-state index contributed by atoms with van der Waals surface area (Å²) in [6.07, 6.45) is 1.38. The second kappa shape index (κ2) is 5.60. The van der Waals surface area contributed by atoms with Crippen LogP contribution in [0.15, 0.2) is 24.3 Å². The lowest BCUT2D eigenvalue weighted by Crippen LogP contribution is -2.07. The largest absolute Gasteiger partial charge is 0.383 e. The van der Waals surface area contributed by atoms with Crippen LogP contribution in [0.3, 0.4) is 0 Å². The van der Waals surface area contributed by atoms with Gasteiger partial charge in [0.05, 0.1) is 9.26 Å². The minimum absolute atomic E-state index is 0.240. The molecule has 0 saturated carbocycles. The monoisotopic (exact) mass is 357 g/mol. The third-order valence-corrected chi connectivity index (χ3v) is 3.78. The number of nitrogens with zero attached hydrogens (tertiary/aromatic N) is 2. The number of benzene rings is 1. The van der Waals surface area contributed by atoms with Gasteiger partial charge in [-0.2, -0.15) is 0 Å². The molecular weight excluding hydrogens is 344 g/mol. The van der Waals surface area contributed by atoms with Gasteiger partial charge in [0.25, 0.3) is 0 Å². The lowest BCUT2D eigenvalue weighted by atomic mass is 10.1. The normalized spacial score (nSPS) is 10.6. The van der Waals surface area contributed by atoms with E-state index in [0.29, 0.717) is 18.1 Å². The molecule has 2 aromatic rings. The highest BCUT2D eigenvalue weighted by atomic mass is 127. The van der Waals surface area contributed by atoms with Crippen molar-refractivity contribution in [1.82, 2.24) is 9.97 Å². The number of rotatable bonds is 3. The Morgan fingerprint density at radius 3 is 2.50 bits per heavy atom. The van der Waals surface area contributed by atoms with Crippen LogP contribution in [-0.2, 0) is 12.8 Å². The molecule has 0 fully saturated rings. The fourth-order valence-electron chi connectivity index (χ4n) is 1.66. The molecule has 1 aromatic carbocycles. The van der Waals surface area contributed by atoms with Crippen LogP contribution in [0.1, 0.15) is 24.0 Å². The Labute approximate surface area is 119 Å². The molecule has 2 N–H and O–H groups in total. The van der Waals surface area contributed by atoms with Crippen molar-refractivity contribution in [2.24, 2.45) is 0 Å². The number of aryl methyl sites for hydroxylation is 1. The first-order valence-electron chi connectivity index (χ1n) is 5.65. The molecule has 0 aliphatic heterocycles. The maximum absolute atomic E-state index is 12.8. The number of hydrogen-bond donors (Lipinski definition) is 1. The van der Waals surface area contributed by atoms with Gasteiger partial charge in [-0.25, -0.2) is 14.4 Å². The van der Waals surface area contributed by atoms with E-state index < -0.39 is 0 Å². The molecular formula is C13H13FIN3. The van der Waals surface area contributed by atoms with E-state index in [1.54, 1.807) is 12.1 Å². The molecule has 0 spiro atoms. The van der Waals surface area contributed by atoms with E-state index in [9.17, 15) is 4.39 Å². The third-order valence-electron chi connectivity index (χ3n) is 2.60. The van der Waals surface area contributed by atoms with Crippen LogP contribution < -0.4 is 5.73 Å². The van der Waals surface area contributed by atoms with Gasteiger partial charge in [-0.15, -0.1) is 0 Å². The molecule has 0 aliphatic carbocycles. The number of nitrogens with two attached hydrogens (primary N) is 1. The summed E-state index contributed by atoms with van der Waals surface area (Å²) >= 11 is 2.16. The number of hydrogen-bond acceptors (Lipinski definition) is 3. The van der Waals surface area contributed by atoms with Gasteiger partial charge in [-0.05, 0) is 46.7 Å². The zero-order chi connectivity index (χ0) is 13.1. The molecule has 0 saturated heterocycles. The van der Waals surface area contributed by atoms with Gasteiger partial charge < -0.3 is 5.73 Å². The van der Waals surface area contributed by atoms with Crippen molar-refractivity contribution in [1.29, 1.82) is 0 Å². The third kappa shape index (κ3) is 2.95. The summed E-state index contributed by atoms with van der Waals surface area (Å²) in [5.74, 6) is 0.951. The van der Waals surface area contributed by atoms with Crippen molar-refractivity contribution in [3.8, 4) is 0 Å².